The Hall–Kier alpha value is -2.63. The van der Waals surface area contributed by atoms with E-state index in [0.717, 1.165) is 12.0 Å². The largest absolute Gasteiger partial charge is 0.335 e. The quantitative estimate of drug-likeness (QED) is 0.856. The van der Waals surface area contributed by atoms with Gasteiger partial charge in [0.2, 0.25) is 5.91 Å². The van der Waals surface area contributed by atoms with Crippen LogP contribution in [0.15, 0.2) is 42.6 Å². The first kappa shape index (κ1) is 17.2. The van der Waals surface area contributed by atoms with Crippen molar-refractivity contribution in [2.45, 2.75) is 32.4 Å². The van der Waals surface area contributed by atoms with Gasteiger partial charge in [0.05, 0.1) is 0 Å². The summed E-state index contributed by atoms with van der Waals surface area (Å²) in [5.41, 5.74) is 1.54. The molecule has 0 N–H and O–H groups in total. The van der Waals surface area contributed by atoms with Crippen molar-refractivity contribution in [3.8, 4) is 0 Å². The van der Waals surface area contributed by atoms with Gasteiger partial charge in [0.15, 0.2) is 0 Å². The Bertz CT molecular complexity index is 741. The third-order valence-corrected chi connectivity index (χ3v) is 4.67. The van der Waals surface area contributed by atoms with E-state index in [0.29, 0.717) is 31.7 Å². The molecule has 2 aromatic rings. The summed E-state index contributed by atoms with van der Waals surface area (Å²) < 4.78 is 1.62. The molecule has 1 aromatic heterocycles. The molecule has 2 heterocycles. The summed E-state index contributed by atoms with van der Waals surface area (Å²) in [7, 11) is 1.79. The SMILES string of the molecule is CCC1CN(C(=O)c2ccn(C)n2)CCC(=O)N1Cc1ccccc1. The van der Waals surface area contributed by atoms with E-state index in [4.69, 9.17) is 0 Å². The summed E-state index contributed by atoms with van der Waals surface area (Å²) in [5.74, 6) is 0.000403. The molecule has 132 valence electrons. The highest BCUT2D eigenvalue weighted by Gasteiger charge is 2.31. The number of benzene rings is 1. The van der Waals surface area contributed by atoms with E-state index in [9.17, 15) is 9.59 Å². The highest BCUT2D eigenvalue weighted by atomic mass is 16.2. The van der Waals surface area contributed by atoms with Gasteiger partial charge in [-0.1, -0.05) is 37.3 Å². The number of aromatic nitrogens is 2. The van der Waals surface area contributed by atoms with E-state index >= 15 is 0 Å². The van der Waals surface area contributed by atoms with Crippen molar-refractivity contribution >= 4 is 11.8 Å². The maximum atomic E-state index is 12.7. The van der Waals surface area contributed by atoms with Gasteiger partial charge >= 0.3 is 0 Å². The Morgan fingerprint density at radius 2 is 2.00 bits per heavy atom. The molecule has 6 heteroatoms. The summed E-state index contributed by atoms with van der Waals surface area (Å²) in [6.45, 7) is 3.63. The van der Waals surface area contributed by atoms with Crippen molar-refractivity contribution in [3.63, 3.8) is 0 Å². The highest BCUT2D eigenvalue weighted by molar-refractivity contribution is 5.92. The van der Waals surface area contributed by atoms with Crippen LogP contribution in [0, 0.1) is 0 Å². The van der Waals surface area contributed by atoms with Crippen LogP contribution in [0.4, 0.5) is 0 Å². The fourth-order valence-corrected chi connectivity index (χ4v) is 3.24. The van der Waals surface area contributed by atoms with Crippen LogP contribution < -0.4 is 0 Å². The van der Waals surface area contributed by atoms with Gasteiger partial charge in [-0.2, -0.15) is 5.10 Å². The maximum absolute atomic E-state index is 12.7. The molecule has 1 atom stereocenters. The van der Waals surface area contributed by atoms with E-state index in [-0.39, 0.29) is 17.9 Å². The minimum atomic E-state index is -0.103. The number of rotatable bonds is 4. The number of amides is 2. The molecule has 0 spiro atoms. The summed E-state index contributed by atoms with van der Waals surface area (Å²) in [6, 6.07) is 11.7. The molecule has 1 aliphatic heterocycles. The summed E-state index contributed by atoms with van der Waals surface area (Å²) in [5, 5.41) is 4.20. The van der Waals surface area contributed by atoms with E-state index in [1.807, 2.05) is 35.2 Å². The second-order valence-electron chi connectivity index (χ2n) is 6.45. The number of carbonyl (C=O) groups excluding carboxylic acids is 2. The van der Waals surface area contributed by atoms with Gasteiger partial charge in [-0.05, 0) is 18.1 Å². The van der Waals surface area contributed by atoms with Crippen LogP contribution in [0.2, 0.25) is 0 Å². The van der Waals surface area contributed by atoms with Crippen LogP contribution in [0.25, 0.3) is 0 Å². The Morgan fingerprint density at radius 1 is 1.24 bits per heavy atom. The minimum absolute atomic E-state index is 0.0165. The second-order valence-corrected chi connectivity index (χ2v) is 6.45. The van der Waals surface area contributed by atoms with Crippen LogP contribution in [-0.4, -0.2) is 50.5 Å². The predicted octanol–water partition coefficient (Wildman–Crippen LogP) is 2.07. The monoisotopic (exact) mass is 340 g/mol. The normalized spacial score (nSPS) is 18.3. The molecular weight excluding hydrogens is 316 g/mol. The minimum Gasteiger partial charge on any atom is -0.335 e. The molecule has 0 bridgehead atoms. The van der Waals surface area contributed by atoms with Crippen molar-refractivity contribution in [2.75, 3.05) is 13.1 Å². The lowest BCUT2D eigenvalue weighted by atomic mass is 10.1. The van der Waals surface area contributed by atoms with Crippen molar-refractivity contribution in [2.24, 2.45) is 7.05 Å². The summed E-state index contributed by atoms with van der Waals surface area (Å²) >= 11 is 0. The van der Waals surface area contributed by atoms with Crippen LogP contribution in [-0.2, 0) is 18.4 Å². The topological polar surface area (TPSA) is 58.4 Å². The number of nitrogens with zero attached hydrogens (tertiary/aromatic N) is 4. The van der Waals surface area contributed by atoms with E-state index in [1.54, 1.807) is 28.9 Å². The van der Waals surface area contributed by atoms with Gasteiger partial charge in [0, 0.05) is 45.3 Å². The zero-order chi connectivity index (χ0) is 17.8. The Kier molecular flexibility index (Phi) is 5.16. The fraction of sp³-hybridized carbons (Fsp3) is 0.421. The zero-order valence-corrected chi connectivity index (χ0v) is 14.8. The number of aryl methyl sites for hydroxylation is 1. The van der Waals surface area contributed by atoms with E-state index < -0.39 is 0 Å². The molecule has 1 aliphatic rings. The Balaban J connectivity index is 1.77. The molecule has 0 aliphatic carbocycles. The standard InChI is InChI=1S/C19H24N4O2/c1-3-16-14-22(19(25)17-9-11-21(2)20-17)12-10-18(24)23(16)13-15-7-5-4-6-8-15/h4-9,11,16H,3,10,12-14H2,1-2H3. The molecular formula is C19H24N4O2. The molecule has 3 rings (SSSR count). The Morgan fingerprint density at radius 3 is 2.64 bits per heavy atom. The van der Waals surface area contributed by atoms with Crippen LogP contribution in [0.3, 0.4) is 0 Å². The first-order chi connectivity index (χ1) is 12.1. The molecule has 6 nitrogen and oxygen atoms in total. The lowest BCUT2D eigenvalue weighted by molar-refractivity contribution is -0.133. The third kappa shape index (κ3) is 3.90. The van der Waals surface area contributed by atoms with Gasteiger partial charge in [0.25, 0.3) is 5.91 Å². The average Bonchev–Trinajstić information content (AvgIpc) is 3.00. The Labute approximate surface area is 148 Å². The molecule has 0 radical (unpaired) electrons. The second kappa shape index (κ2) is 7.51. The van der Waals surface area contributed by atoms with Crippen LogP contribution in [0.5, 0.6) is 0 Å². The van der Waals surface area contributed by atoms with Gasteiger partial charge in [0.1, 0.15) is 5.69 Å². The van der Waals surface area contributed by atoms with Crippen LogP contribution >= 0.6 is 0 Å². The van der Waals surface area contributed by atoms with E-state index in [2.05, 4.69) is 12.0 Å². The molecule has 1 aromatic carbocycles. The van der Waals surface area contributed by atoms with Crippen molar-refractivity contribution in [1.29, 1.82) is 0 Å². The van der Waals surface area contributed by atoms with Crippen molar-refractivity contribution in [1.82, 2.24) is 19.6 Å². The van der Waals surface area contributed by atoms with Gasteiger partial charge in [-0.15, -0.1) is 0 Å². The molecule has 1 fully saturated rings. The third-order valence-electron chi connectivity index (χ3n) is 4.67. The number of carbonyl (C=O) groups is 2. The van der Waals surface area contributed by atoms with E-state index in [1.165, 1.54) is 0 Å². The smallest absolute Gasteiger partial charge is 0.274 e. The summed E-state index contributed by atoms with van der Waals surface area (Å²) in [4.78, 5) is 29.1. The van der Waals surface area contributed by atoms with Gasteiger partial charge in [-0.25, -0.2) is 0 Å². The molecule has 25 heavy (non-hydrogen) atoms. The summed E-state index contributed by atoms with van der Waals surface area (Å²) in [6.07, 6.45) is 2.92. The zero-order valence-electron chi connectivity index (χ0n) is 14.8. The lowest BCUT2D eigenvalue weighted by Gasteiger charge is -2.31. The average molecular weight is 340 g/mol. The number of hydrogen-bond acceptors (Lipinski definition) is 3. The highest BCUT2D eigenvalue weighted by Crippen LogP contribution is 2.19. The fourth-order valence-electron chi connectivity index (χ4n) is 3.24. The van der Waals surface area contributed by atoms with Crippen molar-refractivity contribution in [3.05, 3.63) is 53.9 Å². The first-order valence-corrected chi connectivity index (χ1v) is 8.70. The van der Waals surface area contributed by atoms with Crippen LogP contribution in [0.1, 0.15) is 35.8 Å². The maximum Gasteiger partial charge on any atom is 0.274 e. The van der Waals surface area contributed by atoms with Gasteiger partial charge < -0.3 is 9.80 Å². The molecule has 0 saturated carbocycles. The molecule has 1 unspecified atom stereocenters. The van der Waals surface area contributed by atoms with Gasteiger partial charge in [-0.3, -0.25) is 14.3 Å². The lowest BCUT2D eigenvalue weighted by Crippen LogP contribution is -2.43. The molecule has 2 amide bonds. The van der Waals surface area contributed by atoms with Crippen molar-refractivity contribution < 1.29 is 9.59 Å². The predicted molar refractivity (Wildman–Crippen MR) is 94.8 cm³/mol. The first-order valence-electron chi connectivity index (χ1n) is 8.70. The molecule has 1 saturated heterocycles. The number of hydrogen-bond donors (Lipinski definition) is 0.